The van der Waals surface area contributed by atoms with Gasteiger partial charge in [-0.1, -0.05) is 198 Å². The lowest BCUT2D eigenvalue weighted by atomic mass is 9.36. The Hall–Kier alpha value is -5.06. The van der Waals surface area contributed by atoms with Gasteiger partial charge in [-0.2, -0.15) is 0 Å². The van der Waals surface area contributed by atoms with Crippen LogP contribution in [0.1, 0.15) is 202 Å². The molecule has 1 aromatic heterocycles. The fourth-order valence-corrected chi connectivity index (χ4v) is 13.1. The van der Waals surface area contributed by atoms with Gasteiger partial charge in [0.15, 0.2) is 0 Å². The van der Waals surface area contributed by atoms with Crippen LogP contribution in [0, 0.1) is 0 Å². The minimum Gasteiger partial charge on any atom is -0.311 e. The summed E-state index contributed by atoms with van der Waals surface area (Å²) in [7, 11) is 0. The highest BCUT2D eigenvalue weighted by atomic mass is 32.1. The van der Waals surface area contributed by atoms with E-state index in [1.165, 1.54) is 142 Å². The molecule has 0 N–H and O–H groups in total. The van der Waals surface area contributed by atoms with E-state index in [0.717, 1.165) is 0 Å². The van der Waals surface area contributed by atoms with Crippen molar-refractivity contribution in [2.75, 3.05) is 9.80 Å². The van der Waals surface area contributed by atoms with Crippen molar-refractivity contribution in [3.63, 3.8) is 0 Å². The molecule has 2 nitrogen and oxygen atoms in total. The molecule has 1 fully saturated rings. The predicted molar refractivity (Wildman–Crippen MR) is 319 cm³/mol. The van der Waals surface area contributed by atoms with Crippen LogP contribution in [0.3, 0.4) is 0 Å². The number of anilines is 6. The second-order valence-corrected chi connectivity index (χ2v) is 29.4. The molecule has 3 heterocycles. The van der Waals surface area contributed by atoms with Crippen molar-refractivity contribution in [1.82, 2.24) is 0 Å². The number of hydrogen-bond donors (Lipinski definition) is 0. The average molecular weight is 971 g/mol. The Kier molecular flexibility index (Phi) is 12.1. The molecular formula is C68H83BN2S. The molecule has 4 heteroatoms. The molecule has 72 heavy (non-hydrogen) atoms. The lowest BCUT2D eigenvalue weighted by Crippen LogP contribution is -2.60. The largest absolute Gasteiger partial charge is 0.311 e. The van der Waals surface area contributed by atoms with Crippen LogP contribution in [0.4, 0.5) is 34.1 Å². The van der Waals surface area contributed by atoms with Gasteiger partial charge in [0, 0.05) is 43.2 Å². The van der Waals surface area contributed by atoms with Crippen LogP contribution in [0.15, 0.2) is 109 Å². The van der Waals surface area contributed by atoms with Crippen LogP contribution in [0.25, 0.3) is 21.2 Å². The van der Waals surface area contributed by atoms with E-state index in [1.54, 1.807) is 0 Å². The number of nitrogens with zero attached hydrogens (tertiary/aromatic N) is 2. The molecule has 0 spiro atoms. The monoisotopic (exact) mass is 971 g/mol. The van der Waals surface area contributed by atoms with Gasteiger partial charge in [-0.25, -0.2) is 0 Å². The molecule has 0 saturated heterocycles. The minimum atomic E-state index is -0.127. The van der Waals surface area contributed by atoms with Crippen molar-refractivity contribution >= 4 is 78.0 Å². The van der Waals surface area contributed by atoms with Gasteiger partial charge in [-0.15, -0.1) is 11.3 Å². The first kappa shape index (κ1) is 50.5. The fraction of sp³-hybridized carbons (Fsp3) is 0.441. The minimum absolute atomic E-state index is 0.0279. The third-order valence-corrected chi connectivity index (χ3v) is 17.8. The van der Waals surface area contributed by atoms with E-state index in [4.69, 9.17) is 0 Å². The van der Waals surface area contributed by atoms with Gasteiger partial charge in [0.25, 0.3) is 6.71 Å². The number of benzene rings is 6. The van der Waals surface area contributed by atoms with Gasteiger partial charge in [0.1, 0.15) is 0 Å². The zero-order valence-corrected chi connectivity index (χ0v) is 48.2. The molecule has 0 radical (unpaired) electrons. The van der Waals surface area contributed by atoms with Crippen LogP contribution in [0.2, 0.25) is 0 Å². The fourth-order valence-electron chi connectivity index (χ4n) is 11.8. The first-order valence-corrected chi connectivity index (χ1v) is 28.2. The van der Waals surface area contributed by atoms with Gasteiger partial charge in [-0.3, -0.25) is 0 Å². The van der Waals surface area contributed by atoms with Crippen molar-refractivity contribution in [1.29, 1.82) is 0 Å². The summed E-state index contributed by atoms with van der Waals surface area (Å²) in [5.41, 5.74) is 22.5. The Morgan fingerprint density at radius 2 is 0.931 bits per heavy atom. The standard InChI is InChI=1S/C68H83BN2S/c1-63(2,3)45-25-29-51(30-26-45)70-57-40-50(68(16,17)18)41-58-60(57)69(62-61(70)53-36-43(24-33-59(53)72-62)42-22-20-19-21-23-42)54-39-47(65(7,8)9)28-32-56(54)71(58)55-31-27-46(64(4,5)6)38-52(55)44-34-48(66(10,11)12)37-49(35-44)67(13,14)15/h24-42H,19-23H2,1-18H3. The third-order valence-electron chi connectivity index (χ3n) is 16.6. The zero-order valence-electron chi connectivity index (χ0n) is 47.4. The molecule has 0 amide bonds. The van der Waals surface area contributed by atoms with Crippen LogP contribution in [-0.2, 0) is 32.5 Å². The summed E-state index contributed by atoms with van der Waals surface area (Å²) in [4.78, 5) is 5.41. The molecule has 0 unspecified atom stereocenters. The van der Waals surface area contributed by atoms with E-state index in [0.29, 0.717) is 5.92 Å². The van der Waals surface area contributed by atoms with E-state index in [2.05, 4.69) is 244 Å². The molecule has 2 aliphatic heterocycles. The topological polar surface area (TPSA) is 6.48 Å². The number of hydrogen-bond acceptors (Lipinski definition) is 3. The highest BCUT2D eigenvalue weighted by Crippen LogP contribution is 2.52. The van der Waals surface area contributed by atoms with Crippen LogP contribution >= 0.6 is 11.3 Å². The van der Waals surface area contributed by atoms with Crippen LogP contribution in [0.5, 0.6) is 0 Å². The zero-order chi connectivity index (χ0) is 51.8. The molecule has 6 aromatic carbocycles. The van der Waals surface area contributed by atoms with E-state index >= 15 is 0 Å². The number of rotatable bonds is 4. The lowest BCUT2D eigenvalue weighted by molar-refractivity contribution is 0.444. The summed E-state index contributed by atoms with van der Waals surface area (Å²) in [5.74, 6) is 0.619. The van der Waals surface area contributed by atoms with Crippen molar-refractivity contribution in [3.05, 3.63) is 148 Å². The Morgan fingerprint density at radius 1 is 0.431 bits per heavy atom. The summed E-state index contributed by atoms with van der Waals surface area (Å²) in [6.45, 7) is 42.7. The highest BCUT2D eigenvalue weighted by Gasteiger charge is 2.47. The van der Waals surface area contributed by atoms with Gasteiger partial charge in [-0.05, 0) is 161 Å². The molecule has 374 valence electrons. The molecule has 3 aliphatic rings. The van der Waals surface area contributed by atoms with Crippen LogP contribution < -0.4 is 25.5 Å². The third kappa shape index (κ3) is 8.98. The summed E-state index contributed by atoms with van der Waals surface area (Å²) >= 11 is 2.04. The maximum absolute atomic E-state index is 2.71. The van der Waals surface area contributed by atoms with Crippen molar-refractivity contribution in [3.8, 4) is 11.1 Å². The molecule has 1 aliphatic carbocycles. The maximum Gasteiger partial charge on any atom is 0.264 e. The quantitative estimate of drug-likeness (QED) is 0.162. The summed E-state index contributed by atoms with van der Waals surface area (Å²) in [6, 6.07) is 44.8. The molecular weight excluding hydrogens is 888 g/mol. The molecule has 1 saturated carbocycles. The molecule has 0 atom stereocenters. The van der Waals surface area contributed by atoms with Crippen molar-refractivity contribution < 1.29 is 0 Å². The second kappa shape index (κ2) is 17.3. The van der Waals surface area contributed by atoms with Gasteiger partial charge in [0.2, 0.25) is 0 Å². The number of thiophene rings is 1. The normalized spacial score (nSPS) is 15.8. The van der Waals surface area contributed by atoms with E-state index in [-0.39, 0.29) is 39.2 Å². The lowest BCUT2D eigenvalue weighted by Gasteiger charge is -2.45. The maximum atomic E-state index is 2.71. The summed E-state index contributed by atoms with van der Waals surface area (Å²) in [5, 5.41) is 1.40. The second-order valence-electron chi connectivity index (χ2n) is 28.3. The summed E-state index contributed by atoms with van der Waals surface area (Å²) < 4.78 is 2.83. The smallest absolute Gasteiger partial charge is 0.264 e. The number of fused-ring (bicyclic) bond motifs is 6. The van der Waals surface area contributed by atoms with Gasteiger partial charge >= 0.3 is 0 Å². The summed E-state index contributed by atoms with van der Waals surface area (Å²) in [6.07, 6.45) is 6.59. The van der Waals surface area contributed by atoms with Crippen LogP contribution in [-0.4, -0.2) is 6.71 Å². The van der Waals surface area contributed by atoms with E-state index < -0.39 is 0 Å². The Bertz CT molecular complexity index is 3190. The van der Waals surface area contributed by atoms with Gasteiger partial charge < -0.3 is 9.80 Å². The molecule has 7 aromatic rings. The SMILES string of the molecule is CC(C)(C)c1ccc(N2c3cc(C(C)(C)C)cc4c3B(c3cc(C(C)(C)C)ccc3N4c3ccc(C(C)(C)C)cc3-c3cc(C(C)(C)C)cc(C(C)(C)C)c3)c3sc4ccc(C5CCCCC5)cc4c32)cc1. The molecule has 10 rings (SSSR count). The van der Waals surface area contributed by atoms with E-state index in [1.807, 2.05) is 11.3 Å². The Morgan fingerprint density at radius 3 is 1.49 bits per heavy atom. The predicted octanol–water partition coefficient (Wildman–Crippen LogP) is 18.5. The van der Waals surface area contributed by atoms with E-state index in [9.17, 15) is 0 Å². The first-order valence-electron chi connectivity index (χ1n) is 27.4. The van der Waals surface area contributed by atoms with Crippen molar-refractivity contribution in [2.24, 2.45) is 0 Å². The van der Waals surface area contributed by atoms with Crippen molar-refractivity contribution in [2.45, 2.75) is 195 Å². The Labute approximate surface area is 439 Å². The molecule has 0 bridgehead atoms. The highest BCUT2D eigenvalue weighted by molar-refractivity contribution is 7.33. The first-order chi connectivity index (χ1) is 33.5. The average Bonchev–Trinajstić information content (AvgIpc) is 3.68. The van der Waals surface area contributed by atoms with Gasteiger partial charge in [0.05, 0.1) is 11.4 Å². The Balaban J connectivity index is 1.34.